The van der Waals surface area contributed by atoms with Crippen LogP contribution >= 0.6 is 0 Å². The number of rotatable bonds is 4. The summed E-state index contributed by atoms with van der Waals surface area (Å²) < 4.78 is 0. The van der Waals surface area contributed by atoms with Crippen LogP contribution in [0.25, 0.3) is 0 Å². The van der Waals surface area contributed by atoms with Gasteiger partial charge in [-0.25, -0.2) is 4.98 Å². The maximum Gasteiger partial charge on any atom is 0.252 e. The van der Waals surface area contributed by atoms with Gasteiger partial charge in [0, 0.05) is 45.1 Å². The van der Waals surface area contributed by atoms with Crippen LogP contribution in [0.1, 0.15) is 36.4 Å². The van der Waals surface area contributed by atoms with Crippen LogP contribution in [0.2, 0.25) is 0 Å². The Kier molecular flexibility index (Phi) is 4.97. The first-order valence-corrected chi connectivity index (χ1v) is 9.72. The summed E-state index contributed by atoms with van der Waals surface area (Å²) in [5, 5.41) is 0. The molecule has 0 bridgehead atoms. The molecule has 1 unspecified atom stereocenters. The second kappa shape index (κ2) is 7.55. The molecule has 2 saturated heterocycles. The number of nitrogens with zero attached hydrogens (tertiary/aromatic N) is 3. The van der Waals surface area contributed by atoms with Crippen LogP contribution in [-0.2, 0) is 11.2 Å². The van der Waals surface area contributed by atoms with E-state index in [1.54, 1.807) is 18.0 Å². The summed E-state index contributed by atoms with van der Waals surface area (Å²) in [7, 11) is 1.80. The van der Waals surface area contributed by atoms with Crippen LogP contribution in [0.15, 0.2) is 41.2 Å². The average Bonchev–Trinajstić information content (AvgIpc) is 3.01. The maximum absolute atomic E-state index is 12.2. The van der Waals surface area contributed by atoms with Gasteiger partial charge in [0.25, 0.3) is 5.56 Å². The van der Waals surface area contributed by atoms with Crippen molar-refractivity contribution < 1.29 is 4.79 Å². The fourth-order valence-corrected chi connectivity index (χ4v) is 4.18. The van der Waals surface area contributed by atoms with Gasteiger partial charge in [0.05, 0.1) is 5.69 Å². The monoisotopic (exact) mass is 366 g/mol. The Balaban J connectivity index is 1.42. The van der Waals surface area contributed by atoms with Gasteiger partial charge in [-0.2, -0.15) is 0 Å². The summed E-state index contributed by atoms with van der Waals surface area (Å²) in [4.78, 5) is 35.5. The molecule has 1 aromatic carbocycles. The number of anilines is 1. The number of carbonyl (C=O) groups is 1. The SMILES string of the molecule is CN1CC(c2cc(=O)[nH]c(N3CCC(Cc4ccccc4)CC3)n2)CC1=O. The zero-order chi connectivity index (χ0) is 18.8. The van der Waals surface area contributed by atoms with E-state index in [-0.39, 0.29) is 17.4 Å². The Labute approximate surface area is 159 Å². The zero-order valence-electron chi connectivity index (χ0n) is 15.7. The normalized spacial score (nSPS) is 21.1. The van der Waals surface area contributed by atoms with Gasteiger partial charge in [-0.3, -0.25) is 14.6 Å². The molecule has 0 aliphatic carbocycles. The number of hydrogen-bond acceptors (Lipinski definition) is 4. The number of piperidine rings is 1. The minimum atomic E-state index is -0.136. The third-order valence-corrected chi connectivity index (χ3v) is 5.79. The molecule has 2 aliphatic rings. The van der Waals surface area contributed by atoms with Crippen molar-refractivity contribution in [1.82, 2.24) is 14.9 Å². The number of likely N-dealkylation sites (N-methyl/N-ethyl adjacent to an activating group) is 1. The highest BCUT2D eigenvalue weighted by Crippen LogP contribution is 2.27. The second-order valence-electron chi connectivity index (χ2n) is 7.79. The smallest absolute Gasteiger partial charge is 0.252 e. The lowest BCUT2D eigenvalue weighted by atomic mass is 9.90. The summed E-state index contributed by atoms with van der Waals surface area (Å²) in [6.07, 6.45) is 3.72. The Bertz CT molecular complexity index is 856. The van der Waals surface area contributed by atoms with Crippen molar-refractivity contribution in [3.05, 3.63) is 58.0 Å². The van der Waals surface area contributed by atoms with Gasteiger partial charge in [0.1, 0.15) is 0 Å². The fraction of sp³-hybridized carbons (Fsp3) is 0.476. The summed E-state index contributed by atoms with van der Waals surface area (Å²) in [5.74, 6) is 1.45. The molecule has 0 saturated carbocycles. The Morgan fingerprint density at radius 3 is 2.56 bits per heavy atom. The summed E-state index contributed by atoms with van der Waals surface area (Å²) >= 11 is 0. The molecule has 0 spiro atoms. The molecule has 1 aromatic heterocycles. The van der Waals surface area contributed by atoms with E-state index in [0.717, 1.165) is 38.0 Å². The first-order chi connectivity index (χ1) is 13.1. The van der Waals surface area contributed by atoms with Gasteiger partial charge in [-0.05, 0) is 30.7 Å². The molecule has 1 amide bonds. The molecule has 0 radical (unpaired) electrons. The van der Waals surface area contributed by atoms with Gasteiger partial charge in [0.15, 0.2) is 0 Å². The Morgan fingerprint density at radius 1 is 1.15 bits per heavy atom. The molecular formula is C21H26N4O2. The number of hydrogen-bond donors (Lipinski definition) is 1. The molecule has 2 fully saturated rings. The number of amides is 1. The summed E-state index contributed by atoms with van der Waals surface area (Å²) in [5.41, 5.74) is 1.99. The average molecular weight is 366 g/mol. The lowest BCUT2D eigenvalue weighted by Gasteiger charge is -2.32. The minimum absolute atomic E-state index is 0.0131. The van der Waals surface area contributed by atoms with Crippen molar-refractivity contribution in [2.45, 2.75) is 31.6 Å². The number of likely N-dealkylation sites (tertiary alicyclic amines) is 1. The molecule has 3 heterocycles. The van der Waals surface area contributed by atoms with Crippen LogP contribution in [-0.4, -0.2) is 47.5 Å². The largest absolute Gasteiger partial charge is 0.345 e. The van der Waals surface area contributed by atoms with E-state index < -0.39 is 0 Å². The molecule has 1 atom stereocenters. The minimum Gasteiger partial charge on any atom is -0.345 e. The predicted molar refractivity (Wildman–Crippen MR) is 105 cm³/mol. The number of benzene rings is 1. The van der Waals surface area contributed by atoms with Crippen LogP contribution in [0.3, 0.4) is 0 Å². The molecule has 4 rings (SSSR count). The van der Waals surface area contributed by atoms with E-state index in [4.69, 9.17) is 4.98 Å². The van der Waals surface area contributed by atoms with E-state index in [1.165, 1.54) is 5.56 Å². The van der Waals surface area contributed by atoms with Crippen molar-refractivity contribution in [1.29, 1.82) is 0 Å². The van der Waals surface area contributed by atoms with E-state index >= 15 is 0 Å². The summed E-state index contributed by atoms with van der Waals surface area (Å²) in [6, 6.07) is 12.2. The third-order valence-electron chi connectivity index (χ3n) is 5.79. The number of aromatic nitrogens is 2. The highest BCUT2D eigenvalue weighted by atomic mass is 16.2. The van der Waals surface area contributed by atoms with Crippen molar-refractivity contribution >= 4 is 11.9 Å². The van der Waals surface area contributed by atoms with Gasteiger partial charge in [-0.15, -0.1) is 0 Å². The highest BCUT2D eigenvalue weighted by molar-refractivity contribution is 5.79. The van der Waals surface area contributed by atoms with Crippen molar-refractivity contribution in [3.63, 3.8) is 0 Å². The Hall–Kier alpha value is -2.63. The van der Waals surface area contributed by atoms with E-state index in [1.807, 2.05) is 0 Å². The quantitative estimate of drug-likeness (QED) is 0.900. The molecule has 142 valence electrons. The number of carbonyl (C=O) groups excluding carboxylic acids is 1. The topological polar surface area (TPSA) is 69.3 Å². The third kappa shape index (κ3) is 4.04. The first-order valence-electron chi connectivity index (χ1n) is 9.72. The maximum atomic E-state index is 12.2. The van der Waals surface area contributed by atoms with E-state index in [2.05, 4.69) is 40.2 Å². The predicted octanol–water partition coefficient (Wildman–Crippen LogP) is 2.17. The zero-order valence-corrected chi connectivity index (χ0v) is 15.7. The second-order valence-corrected chi connectivity index (χ2v) is 7.79. The Morgan fingerprint density at radius 2 is 1.89 bits per heavy atom. The van der Waals surface area contributed by atoms with Crippen molar-refractivity contribution in [2.75, 3.05) is 31.6 Å². The molecule has 2 aliphatic heterocycles. The molecule has 27 heavy (non-hydrogen) atoms. The first kappa shape index (κ1) is 17.8. The molecular weight excluding hydrogens is 340 g/mol. The standard InChI is InChI=1S/C21H26N4O2/c1-24-14-17(12-20(24)27)18-13-19(26)23-21(22-18)25-9-7-16(8-10-25)11-15-5-3-2-4-6-15/h2-6,13,16-17H,7-12,14H2,1H3,(H,22,23,26). The van der Waals surface area contributed by atoms with Crippen LogP contribution in [0.4, 0.5) is 5.95 Å². The lowest BCUT2D eigenvalue weighted by molar-refractivity contribution is -0.126. The highest BCUT2D eigenvalue weighted by Gasteiger charge is 2.30. The van der Waals surface area contributed by atoms with E-state index in [0.29, 0.717) is 24.8 Å². The van der Waals surface area contributed by atoms with Gasteiger partial charge in [-0.1, -0.05) is 30.3 Å². The van der Waals surface area contributed by atoms with Gasteiger partial charge < -0.3 is 9.80 Å². The van der Waals surface area contributed by atoms with Crippen LogP contribution in [0, 0.1) is 5.92 Å². The molecule has 6 nitrogen and oxygen atoms in total. The lowest BCUT2D eigenvalue weighted by Crippen LogP contribution is -2.36. The van der Waals surface area contributed by atoms with Crippen LogP contribution in [0.5, 0.6) is 0 Å². The van der Waals surface area contributed by atoms with Crippen molar-refractivity contribution in [3.8, 4) is 0 Å². The summed E-state index contributed by atoms with van der Waals surface area (Å²) in [6.45, 7) is 2.43. The van der Waals surface area contributed by atoms with E-state index in [9.17, 15) is 9.59 Å². The van der Waals surface area contributed by atoms with Gasteiger partial charge >= 0.3 is 0 Å². The molecule has 2 aromatic rings. The number of nitrogens with one attached hydrogen (secondary N) is 1. The molecule has 1 N–H and O–H groups in total. The number of aromatic amines is 1. The number of H-pyrrole nitrogens is 1. The van der Waals surface area contributed by atoms with Gasteiger partial charge in [0.2, 0.25) is 11.9 Å². The van der Waals surface area contributed by atoms with Crippen LogP contribution < -0.4 is 10.5 Å². The van der Waals surface area contributed by atoms with Crippen molar-refractivity contribution in [2.24, 2.45) is 5.92 Å². The fourth-order valence-electron chi connectivity index (χ4n) is 4.18. The molecule has 6 heteroatoms.